The Balaban J connectivity index is 2.07. The molecule has 6 nitrogen and oxygen atoms in total. The molecule has 0 radical (unpaired) electrons. The average Bonchev–Trinajstić information content (AvgIpc) is 2.93. The zero-order valence-corrected chi connectivity index (χ0v) is 14.8. The third-order valence-corrected chi connectivity index (χ3v) is 4.73. The molecule has 1 atom stereocenters. The van der Waals surface area contributed by atoms with E-state index in [9.17, 15) is 9.59 Å². The summed E-state index contributed by atoms with van der Waals surface area (Å²) in [5, 5.41) is 8.78. The van der Waals surface area contributed by atoms with Crippen molar-refractivity contribution in [1.29, 1.82) is 5.26 Å². The van der Waals surface area contributed by atoms with Gasteiger partial charge in [-0.2, -0.15) is 5.26 Å². The summed E-state index contributed by atoms with van der Waals surface area (Å²) >= 11 is 1.27. The van der Waals surface area contributed by atoms with Gasteiger partial charge < -0.3 is 4.90 Å². The third kappa shape index (κ3) is 4.15. The Bertz CT molecular complexity index is 694. The topological polar surface area (TPSA) is 76.8 Å². The number of hydrogen-bond acceptors (Lipinski definition) is 5. The second kappa shape index (κ2) is 7.97. The molecule has 1 aromatic rings. The van der Waals surface area contributed by atoms with E-state index in [4.69, 9.17) is 5.26 Å². The molecule has 126 valence electrons. The second-order valence-electron chi connectivity index (χ2n) is 5.59. The molecule has 1 aromatic carbocycles. The Morgan fingerprint density at radius 2 is 2.12 bits per heavy atom. The maximum Gasteiger partial charge on any atom is 0.254 e. The largest absolute Gasteiger partial charge is 0.344 e. The predicted molar refractivity (Wildman–Crippen MR) is 95.9 cm³/mol. The van der Waals surface area contributed by atoms with Gasteiger partial charge in [0, 0.05) is 13.6 Å². The lowest BCUT2D eigenvalue weighted by molar-refractivity contribution is -0.128. The number of aryl methyl sites for hydroxylation is 1. The highest BCUT2D eigenvalue weighted by molar-refractivity contribution is 8.15. The molecular weight excluding hydrogens is 324 g/mol. The Morgan fingerprint density at radius 1 is 1.46 bits per heavy atom. The molecule has 1 heterocycles. The van der Waals surface area contributed by atoms with Crippen LogP contribution >= 0.6 is 11.8 Å². The van der Waals surface area contributed by atoms with Crippen LogP contribution in [0.15, 0.2) is 29.3 Å². The molecule has 7 heteroatoms. The van der Waals surface area contributed by atoms with Crippen LogP contribution in [-0.4, -0.2) is 47.3 Å². The Labute approximate surface area is 146 Å². The van der Waals surface area contributed by atoms with E-state index >= 15 is 0 Å². The van der Waals surface area contributed by atoms with Gasteiger partial charge in [-0.3, -0.25) is 19.5 Å². The maximum atomic E-state index is 12.3. The van der Waals surface area contributed by atoms with Crippen LogP contribution in [-0.2, 0) is 9.59 Å². The molecule has 24 heavy (non-hydrogen) atoms. The van der Waals surface area contributed by atoms with Gasteiger partial charge in [-0.15, -0.1) is 0 Å². The SMILES string of the molecule is Cc1ccc(N2C(=O)CN=C2S[C@@H](C)C(=O)N(C)CCC#N)cc1. The van der Waals surface area contributed by atoms with Crippen LogP contribution in [0, 0.1) is 18.3 Å². The molecule has 0 saturated carbocycles. The minimum Gasteiger partial charge on any atom is -0.344 e. The molecule has 0 bridgehead atoms. The average molecular weight is 344 g/mol. The molecule has 2 rings (SSSR count). The normalized spacial score (nSPS) is 15.0. The first-order valence-electron chi connectivity index (χ1n) is 7.66. The van der Waals surface area contributed by atoms with Crippen molar-refractivity contribution in [3.63, 3.8) is 0 Å². The number of hydrogen-bond donors (Lipinski definition) is 0. The van der Waals surface area contributed by atoms with Gasteiger partial charge >= 0.3 is 0 Å². The highest BCUT2D eigenvalue weighted by atomic mass is 32.2. The van der Waals surface area contributed by atoms with E-state index < -0.39 is 0 Å². The number of amidine groups is 1. The van der Waals surface area contributed by atoms with E-state index in [1.165, 1.54) is 16.7 Å². The monoisotopic (exact) mass is 344 g/mol. The van der Waals surface area contributed by atoms with Gasteiger partial charge in [0.2, 0.25) is 5.91 Å². The van der Waals surface area contributed by atoms with Crippen molar-refractivity contribution in [1.82, 2.24) is 4.90 Å². The molecule has 1 aliphatic heterocycles. The summed E-state index contributed by atoms with van der Waals surface area (Å²) in [5.74, 6) is -0.181. The van der Waals surface area contributed by atoms with Crippen molar-refractivity contribution < 1.29 is 9.59 Å². The van der Waals surface area contributed by atoms with Crippen molar-refractivity contribution in [2.45, 2.75) is 25.5 Å². The number of nitriles is 1. The predicted octanol–water partition coefficient (Wildman–Crippen LogP) is 2.19. The first-order valence-corrected chi connectivity index (χ1v) is 8.54. The smallest absolute Gasteiger partial charge is 0.254 e. The Kier molecular flexibility index (Phi) is 5.99. The van der Waals surface area contributed by atoms with Gasteiger partial charge in [0.1, 0.15) is 6.54 Å². The first kappa shape index (κ1) is 18.0. The Hall–Kier alpha value is -2.33. The van der Waals surface area contributed by atoms with Crippen molar-refractivity contribution >= 4 is 34.4 Å². The van der Waals surface area contributed by atoms with Crippen LogP contribution < -0.4 is 4.90 Å². The maximum absolute atomic E-state index is 12.3. The van der Waals surface area contributed by atoms with Crippen molar-refractivity contribution in [2.75, 3.05) is 25.0 Å². The van der Waals surface area contributed by atoms with Crippen molar-refractivity contribution in [2.24, 2.45) is 4.99 Å². The fourth-order valence-electron chi connectivity index (χ4n) is 2.27. The first-order chi connectivity index (χ1) is 11.4. The lowest BCUT2D eigenvalue weighted by atomic mass is 10.2. The van der Waals surface area contributed by atoms with Crippen molar-refractivity contribution in [3.8, 4) is 6.07 Å². The lowest BCUT2D eigenvalue weighted by Crippen LogP contribution is -2.37. The van der Waals surface area contributed by atoms with Gasteiger partial charge in [-0.25, -0.2) is 0 Å². The van der Waals surface area contributed by atoms with E-state index in [-0.39, 0.29) is 23.6 Å². The van der Waals surface area contributed by atoms with Crippen molar-refractivity contribution in [3.05, 3.63) is 29.8 Å². The van der Waals surface area contributed by atoms with Crippen LogP contribution in [0.3, 0.4) is 0 Å². The summed E-state index contributed by atoms with van der Waals surface area (Å²) in [5.41, 5.74) is 1.87. The molecule has 1 aliphatic rings. The molecule has 2 amide bonds. The zero-order chi connectivity index (χ0) is 17.7. The fourth-order valence-corrected chi connectivity index (χ4v) is 3.32. The highest BCUT2D eigenvalue weighted by Crippen LogP contribution is 2.27. The summed E-state index contributed by atoms with van der Waals surface area (Å²) < 4.78 is 0. The molecule has 0 aromatic heterocycles. The van der Waals surface area contributed by atoms with Crippen LogP contribution in [0.25, 0.3) is 0 Å². The van der Waals surface area contributed by atoms with Gasteiger partial charge in [0.05, 0.1) is 23.4 Å². The third-order valence-electron chi connectivity index (χ3n) is 3.65. The number of amides is 2. The number of carbonyl (C=O) groups is 2. The summed E-state index contributed by atoms with van der Waals surface area (Å²) in [6.07, 6.45) is 0.300. The number of carbonyl (C=O) groups excluding carboxylic acids is 2. The van der Waals surface area contributed by atoms with E-state index in [0.717, 1.165) is 11.3 Å². The number of nitrogens with zero attached hydrogens (tertiary/aromatic N) is 4. The summed E-state index contributed by atoms with van der Waals surface area (Å²) in [6.45, 7) is 4.26. The summed E-state index contributed by atoms with van der Waals surface area (Å²) in [6, 6.07) is 9.65. The minimum atomic E-state index is -0.383. The van der Waals surface area contributed by atoms with Crippen LogP contribution in [0.2, 0.25) is 0 Å². The molecular formula is C17H20N4O2S. The van der Waals surface area contributed by atoms with E-state index in [2.05, 4.69) is 4.99 Å². The zero-order valence-electron chi connectivity index (χ0n) is 14.0. The molecule has 0 N–H and O–H groups in total. The summed E-state index contributed by atoms with van der Waals surface area (Å²) in [4.78, 5) is 31.9. The van der Waals surface area contributed by atoms with Gasteiger partial charge in [-0.05, 0) is 26.0 Å². The molecule has 0 fully saturated rings. The molecule has 0 aliphatic carbocycles. The van der Waals surface area contributed by atoms with E-state index in [0.29, 0.717) is 18.1 Å². The van der Waals surface area contributed by atoms with E-state index in [1.54, 1.807) is 18.9 Å². The molecule has 0 spiro atoms. The van der Waals surface area contributed by atoms with Crippen LogP contribution in [0.1, 0.15) is 18.9 Å². The Morgan fingerprint density at radius 3 is 2.75 bits per heavy atom. The molecule has 0 saturated heterocycles. The fraction of sp³-hybridized carbons (Fsp3) is 0.412. The number of anilines is 1. The van der Waals surface area contributed by atoms with Crippen LogP contribution in [0.4, 0.5) is 5.69 Å². The number of aliphatic imine (C=N–C) groups is 1. The number of thioether (sulfide) groups is 1. The number of rotatable bonds is 5. The van der Waals surface area contributed by atoms with Gasteiger partial charge in [0.15, 0.2) is 5.17 Å². The van der Waals surface area contributed by atoms with Crippen LogP contribution in [0.5, 0.6) is 0 Å². The highest BCUT2D eigenvalue weighted by Gasteiger charge is 2.31. The van der Waals surface area contributed by atoms with Gasteiger partial charge in [-0.1, -0.05) is 29.5 Å². The lowest BCUT2D eigenvalue weighted by Gasteiger charge is -2.23. The standard InChI is InChI=1S/C17H20N4O2S/c1-12-5-7-14(8-6-12)21-15(22)11-19-17(21)24-13(2)16(23)20(3)10-4-9-18/h5-8,13H,4,10-11H2,1-3H3/t13-/m0/s1. The summed E-state index contributed by atoms with van der Waals surface area (Å²) in [7, 11) is 1.68. The minimum absolute atomic E-state index is 0.0823. The number of benzene rings is 1. The molecule has 0 unspecified atom stereocenters. The van der Waals surface area contributed by atoms with Gasteiger partial charge in [0.25, 0.3) is 5.91 Å². The quantitative estimate of drug-likeness (QED) is 0.820. The second-order valence-corrected chi connectivity index (χ2v) is 6.90. The van der Waals surface area contributed by atoms with E-state index in [1.807, 2.05) is 37.3 Å².